The zero-order valence-electron chi connectivity index (χ0n) is 18.6. The molecule has 0 aromatic heterocycles. The number of hydrogen-bond acceptors (Lipinski definition) is 8. The average Bonchev–Trinajstić information content (AvgIpc) is 2.48. The van der Waals surface area contributed by atoms with Crippen LogP contribution in [-0.4, -0.2) is 92.0 Å². The first-order valence-corrected chi connectivity index (χ1v) is 10.2. The maximum Gasteiger partial charge on any atom is 0.320 e. The van der Waals surface area contributed by atoms with E-state index in [1.54, 1.807) is 0 Å². The first kappa shape index (κ1) is 24.8. The Morgan fingerprint density at radius 2 is 1.25 bits per heavy atom. The van der Waals surface area contributed by atoms with E-state index in [0.29, 0.717) is 19.8 Å². The van der Waals surface area contributed by atoms with Crippen LogP contribution < -0.4 is 10.6 Å². The Balaban J connectivity index is 2.66. The molecular formula is C20H40N4O4. The minimum Gasteiger partial charge on any atom is -0.459 e. The van der Waals surface area contributed by atoms with E-state index in [1.165, 1.54) is 0 Å². The number of hydrogen-bond donors (Lipinski definition) is 2. The summed E-state index contributed by atoms with van der Waals surface area (Å²) in [5, 5.41) is 6.78. The van der Waals surface area contributed by atoms with Crippen LogP contribution in [0.2, 0.25) is 0 Å². The fourth-order valence-corrected chi connectivity index (χ4v) is 2.82. The second-order valence-electron chi connectivity index (χ2n) is 9.26. The predicted molar refractivity (Wildman–Crippen MR) is 110 cm³/mol. The largest absolute Gasteiger partial charge is 0.459 e. The quantitative estimate of drug-likeness (QED) is 0.671. The minimum absolute atomic E-state index is 0.225. The lowest BCUT2D eigenvalue weighted by Gasteiger charge is -2.29. The van der Waals surface area contributed by atoms with Crippen LogP contribution in [-0.2, 0) is 19.1 Å². The van der Waals surface area contributed by atoms with Crippen molar-refractivity contribution >= 4 is 11.9 Å². The molecule has 0 aromatic carbocycles. The zero-order valence-corrected chi connectivity index (χ0v) is 18.6. The fraction of sp³-hybridized carbons (Fsp3) is 0.900. The average molecular weight is 401 g/mol. The van der Waals surface area contributed by atoms with Crippen molar-refractivity contribution in [2.75, 3.05) is 59.0 Å². The van der Waals surface area contributed by atoms with Gasteiger partial charge in [0.1, 0.15) is 11.2 Å². The molecule has 0 saturated carbocycles. The Kier molecular flexibility index (Phi) is 10.4. The van der Waals surface area contributed by atoms with E-state index in [1.807, 2.05) is 46.4 Å². The molecule has 0 radical (unpaired) electrons. The van der Waals surface area contributed by atoms with Gasteiger partial charge in [0.25, 0.3) is 0 Å². The molecule has 1 saturated heterocycles. The summed E-state index contributed by atoms with van der Waals surface area (Å²) < 4.78 is 10.9. The van der Waals surface area contributed by atoms with Crippen molar-refractivity contribution in [1.29, 1.82) is 0 Å². The molecule has 0 unspecified atom stereocenters. The highest BCUT2D eigenvalue weighted by atomic mass is 16.6. The number of carbonyl (C=O) groups excluding carboxylic acids is 2. The van der Waals surface area contributed by atoms with E-state index in [2.05, 4.69) is 15.5 Å². The van der Waals surface area contributed by atoms with Gasteiger partial charge in [-0.15, -0.1) is 0 Å². The molecule has 0 bridgehead atoms. The van der Waals surface area contributed by atoms with Crippen LogP contribution in [0.5, 0.6) is 0 Å². The summed E-state index contributed by atoms with van der Waals surface area (Å²) in [6, 6.07) is 0. The van der Waals surface area contributed by atoms with Crippen molar-refractivity contribution in [2.24, 2.45) is 0 Å². The lowest BCUT2D eigenvalue weighted by molar-refractivity contribution is -0.158. The van der Waals surface area contributed by atoms with Crippen molar-refractivity contribution in [3.05, 3.63) is 0 Å². The van der Waals surface area contributed by atoms with Crippen molar-refractivity contribution in [1.82, 2.24) is 20.4 Å². The summed E-state index contributed by atoms with van der Waals surface area (Å²) in [5.41, 5.74) is -0.986. The van der Waals surface area contributed by atoms with Gasteiger partial charge in [-0.25, -0.2) is 0 Å². The van der Waals surface area contributed by atoms with E-state index in [0.717, 1.165) is 32.6 Å². The lowest BCUT2D eigenvalue weighted by Crippen LogP contribution is -2.47. The third kappa shape index (κ3) is 13.0. The van der Waals surface area contributed by atoms with E-state index < -0.39 is 11.2 Å². The van der Waals surface area contributed by atoms with Crippen molar-refractivity contribution < 1.29 is 19.1 Å². The third-order valence-corrected chi connectivity index (χ3v) is 3.93. The summed E-state index contributed by atoms with van der Waals surface area (Å²) in [6.45, 7) is 17.0. The van der Waals surface area contributed by atoms with E-state index in [4.69, 9.17) is 9.47 Å². The third-order valence-electron chi connectivity index (χ3n) is 3.93. The molecule has 0 aromatic rings. The summed E-state index contributed by atoms with van der Waals surface area (Å²) in [6.07, 6.45) is 1.01. The molecule has 0 atom stereocenters. The number of nitrogens with one attached hydrogen (secondary N) is 2. The van der Waals surface area contributed by atoms with Gasteiger partial charge in [-0.3, -0.25) is 19.4 Å². The molecule has 8 nitrogen and oxygen atoms in total. The standard InChI is InChI=1S/C20H40N4O4/c1-19(2,3)27-17(25)14-23-11-10-21-8-7-9-22-16-24(13-12-23)15-18(26)28-20(4,5)6/h21-22H,7-16H2,1-6H3. The molecule has 1 fully saturated rings. The molecular weight excluding hydrogens is 360 g/mol. The summed E-state index contributed by atoms with van der Waals surface area (Å²) in [5.74, 6) is -0.460. The smallest absolute Gasteiger partial charge is 0.320 e. The Bertz CT molecular complexity index is 442. The maximum absolute atomic E-state index is 12.2. The van der Waals surface area contributed by atoms with Crippen LogP contribution in [0.4, 0.5) is 0 Å². The molecule has 0 spiro atoms. The minimum atomic E-state index is -0.495. The maximum atomic E-state index is 12.2. The van der Waals surface area contributed by atoms with Gasteiger partial charge < -0.3 is 20.1 Å². The number of nitrogens with zero attached hydrogens (tertiary/aromatic N) is 2. The van der Waals surface area contributed by atoms with Gasteiger partial charge in [-0.05, 0) is 61.1 Å². The Morgan fingerprint density at radius 3 is 1.82 bits per heavy atom. The molecule has 164 valence electrons. The lowest BCUT2D eigenvalue weighted by atomic mass is 10.2. The Hall–Kier alpha value is -1.22. The molecule has 0 aliphatic carbocycles. The van der Waals surface area contributed by atoms with Gasteiger partial charge in [0.05, 0.1) is 13.1 Å². The monoisotopic (exact) mass is 400 g/mol. The van der Waals surface area contributed by atoms with E-state index in [9.17, 15) is 9.59 Å². The molecule has 1 rings (SSSR count). The summed E-state index contributed by atoms with van der Waals surface area (Å²) in [4.78, 5) is 28.6. The molecule has 8 heteroatoms. The first-order valence-electron chi connectivity index (χ1n) is 10.2. The van der Waals surface area contributed by atoms with Crippen LogP contribution in [0.1, 0.15) is 48.0 Å². The highest BCUT2D eigenvalue weighted by molar-refractivity contribution is 5.72. The van der Waals surface area contributed by atoms with Gasteiger partial charge in [-0.1, -0.05) is 0 Å². The highest BCUT2D eigenvalue weighted by Gasteiger charge is 2.22. The van der Waals surface area contributed by atoms with Gasteiger partial charge in [0.15, 0.2) is 0 Å². The normalized spacial score (nSPS) is 19.4. The number of rotatable bonds is 4. The fourth-order valence-electron chi connectivity index (χ4n) is 2.82. The number of carbonyl (C=O) groups is 2. The Morgan fingerprint density at radius 1 is 0.750 bits per heavy atom. The van der Waals surface area contributed by atoms with Crippen molar-refractivity contribution in [3.8, 4) is 0 Å². The van der Waals surface area contributed by atoms with Crippen molar-refractivity contribution in [3.63, 3.8) is 0 Å². The molecule has 1 heterocycles. The predicted octanol–water partition coefficient (Wildman–Crippen LogP) is 0.814. The zero-order chi connectivity index (χ0) is 21.2. The number of ether oxygens (including phenoxy) is 2. The molecule has 0 amide bonds. The van der Waals surface area contributed by atoms with Crippen LogP contribution >= 0.6 is 0 Å². The van der Waals surface area contributed by atoms with Crippen LogP contribution in [0.15, 0.2) is 0 Å². The SMILES string of the molecule is CC(C)(C)OC(=O)CN1CCNCCCNCN(CC(=O)OC(C)(C)C)CC1. The van der Waals surface area contributed by atoms with Gasteiger partial charge in [0, 0.05) is 32.8 Å². The Labute approximate surface area is 170 Å². The van der Waals surface area contributed by atoms with E-state index in [-0.39, 0.29) is 25.0 Å². The van der Waals surface area contributed by atoms with Gasteiger partial charge in [-0.2, -0.15) is 0 Å². The molecule has 28 heavy (non-hydrogen) atoms. The second kappa shape index (κ2) is 11.7. The van der Waals surface area contributed by atoms with Gasteiger partial charge >= 0.3 is 11.9 Å². The topological polar surface area (TPSA) is 83.1 Å². The first-order chi connectivity index (χ1) is 12.9. The number of esters is 2. The van der Waals surface area contributed by atoms with E-state index >= 15 is 0 Å². The summed E-state index contributed by atoms with van der Waals surface area (Å²) >= 11 is 0. The summed E-state index contributed by atoms with van der Waals surface area (Å²) in [7, 11) is 0. The highest BCUT2D eigenvalue weighted by Crippen LogP contribution is 2.09. The van der Waals surface area contributed by atoms with Gasteiger partial charge in [0.2, 0.25) is 0 Å². The van der Waals surface area contributed by atoms with Crippen molar-refractivity contribution in [2.45, 2.75) is 59.2 Å². The van der Waals surface area contributed by atoms with Crippen LogP contribution in [0.3, 0.4) is 0 Å². The van der Waals surface area contributed by atoms with Crippen LogP contribution in [0.25, 0.3) is 0 Å². The molecule has 1 aliphatic heterocycles. The molecule has 1 aliphatic rings. The molecule has 2 N–H and O–H groups in total. The second-order valence-corrected chi connectivity index (χ2v) is 9.26. The van der Waals surface area contributed by atoms with Crippen LogP contribution in [0, 0.1) is 0 Å².